The first kappa shape index (κ1) is 16.7. The maximum Gasteiger partial charge on any atom is 0.371 e. The summed E-state index contributed by atoms with van der Waals surface area (Å²) in [5, 5.41) is 3.24. The number of carbonyl (C=O) groups excluding carboxylic acids is 2. The summed E-state index contributed by atoms with van der Waals surface area (Å²) in [4.78, 5) is 23.1. The Morgan fingerprint density at radius 3 is 2.57 bits per heavy atom. The van der Waals surface area contributed by atoms with Crippen LogP contribution in [0.1, 0.15) is 6.92 Å². The zero-order valence-corrected chi connectivity index (χ0v) is 12.3. The molecule has 6 nitrogen and oxygen atoms in total. The van der Waals surface area contributed by atoms with Crippen molar-refractivity contribution in [2.24, 2.45) is 5.10 Å². The minimum atomic E-state index is -1.16. The summed E-state index contributed by atoms with van der Waals surface area (Å²) in [6, 6.07) is 8.92. The quantitative estimate of drug-likeness (QED) is 0.377. The largest absolute Gasteiger partial charge is 0.466 e. The van der Waals surface area contributed by atoms with Gasteiger partial charge in [0.15, 0.2) is 0 Å². The summed E-state index contributed by atoms with van der Waals surface area (Å²) < 4.78 is 9.40. The number of benzene rings is 1. The summed E-state index contributed by atoms with van der Waals surface area (Å²) >= 11 is 5.71. The number of esters is 2. The summed E-state index contributed by atoms with van der Waals surface area (Å²) in [5.41, 5.74) is 3.25. The molecule has 0 heterocycles. The molecule has 0 spiro atoms. The van der Waals surface area contributed by atoms with Crippen molar-refractivity contribution in [2.75, 3.05) is 12.5 Å². The maximum atomic E-state index is 11.7. The van der Waals surface area contributed by atoms with Gasteiger partial charge in [-0.3, -0.25) is 5.43 Å². The minimum absolute atomic E-state index is 0.433. The summed E-state index contributed by atoms with van der Waals surface area (Å²) in [5.74, 6) is -1.64. The number of nitrogens with one attached hydrogen (secondary N) is 1. The fourth-order valence-corrected chi connectivity index (χ4v) is 1.38. The number of hydrazone groups is 1. The Balaban J connectivity index is 2.66. The highest BCUT2D eigenvalue weighted by atomic mass is 35.5. The van der Waals surface area contributed by atoms with Gasteiger partial charge in [0, 0.05) is 0 Å². The van der Waals surface area contributed by atoms with Crippen LogP contribution in [-0.4, -0.2) is 30.3 Å². The molecule has 112 valence electrons. The predicted molar refractivity (Wildman–Crippen MR) is 80.1 cm³/mol. The first-order chi connectivity index (χ1) is 10.1. The molecule has 0 saturated carbocycles. The number of nitrogens with zero attached hydrogens (tertiary/aromatic N) is 1. The Kier molecular flexibility index (Phi) is 6.97. The number of para-hydroxylation sites is 1. The van der Waals surface area contributed by atoms with Crippen LogP contribution in [0.2, 0.25) is 0 Å². The van der Waals surface area contributed by atoms with E-state index < -0.39 is 23.2 Å². The second-order valence-electron chi connectivity index (χ2n) is 3.76. The Hall–Kier alpha value is -2.34. The number of ether oxygens (including phenoxy) is 2. The molecule has 1 N–H and O–H groups in total. The highest BCUT2D eigenvalue weighted by molar-refractivity contribution is 6.82. The van der Waals surface area contributed by atoms with Crippen LogP contribution in [0.25, 0.3) is 0 Å². The lowest BCUT2D eigenvalue weighted by molar-refractivity contribution is -0.158. The van der Waals surface area contributed by atoms with E-state index in [1.165, 1.54) is 13.2 Å². The molecule has 1 aromatic carbocycles. The van der Waals surface area contributed by atoms with Crippen molar-refractivity contribution < 1.29 is 19.1 Å². The smallest absolute Gasteiger partial charge is 0.371 e. The average molecular weight is 311 g/mol. The van der Waals surface area contributed by atoms with Crippen molar-refractivity contribution in [3.05, 3.63) is 42.5 Å². The first-order valence-corrected chi connectivity index (χ1v) is 6.42. The monoisotopic (exact) mass is 310 g/mol. The molecule has 0 saturated heterocycles. The number of rotatable bonds is 6. The maximum absolute atomic E-state index is 11.7. The van der Waals surface area contributed by atoms with E-state index >= 15 is 0 Å². The SMILES string of the molecule is C/C=C/[C@@H](OC(=O)/C(Cl)=N/Nc1ccccc1)C(=O)OC. The lowest BCUT2D eigenvalue weighted by Gasteiger charge is -2.11. The number of hydrogen-bond donors (Lipinski definition) is 1. The third kappa shape index (κ3) is 5.66. The van der Waals surface area contributed by atoms with Gasteiger partial charge < -0.3 is 9.47 Å². The fraction of sp³-hybridized carbons (Fsp3) is 0.214. The second kappa shape index (κ2) is 8.76. The molecule has 0 amide bonds. The zero-order chi connectivity index (χ0) is 15.7. The van der Waals surface area contributed by atoms with Crippen molar-refractivity contribution in [1.82, 2.24) is 0 Å². The van der Waals surface area contributed by atoms with Gasteiger partial charge >= 0.3 is 11.9 Å². The van der Waals surface area contributed by atoms with Crippen molar-refractivity contribution in [1.29, 1.82) is 0 Å². The Morgan fingerprint density at radius 1 is 1.33 bits per heavy atom. The van der Waals surface area contributed by atoms with Crippen LogP contribution in [0.4, 0.5) is 5.69 Å². The normalized spacial score (nSPS) is 12.8. The van der Waals surface area contributed by atoms with E-state index in [0.717, 1.165) is 0 Å². The van der Waals surface area contributed by atoms with Crippen molar-refractivity contribution in [2.45, 2.75) is 13.0 Å². The molecule has 7 heteroatoms. The molecule has 1 aromatic rings. The lowest BCUT2D eigenvalue weighted by atomic mass is 10.3. The van der Waals surface area contributed by atoms with Crippen LogP contribution in [-0.2, 0) is 19.1 Å². The summed E-state index contributed by atoms with van der Waals surface area (Å²) in [6.45, 7) is 1.68. The van der Waals surface area contributed by atoms with E-state index in [1.807, 2.05) is 6.07 Å². The Morgan fingerprint density at radius 2 is 2.00 bits per heavy atom. The van der Waals surface area contributed by atoms with E-state index in [9.17, 15) is 9.59 Å². The van der Waals surface area contributed by atoms with E-state index in [-0.39, 0.29) is 0 Å². The summed E-state index contributed by atoms with van der Waals surface area (Å²) in [6.07, 6.45) is 1.77. The Labute approximate surface area is 127 Å². The van der Waals surface area contributed by atoms with Gasteiger partial charge in [0.1, 0.15) is 0 Å². The molecule has 0 aliphatic rings. The van der Waals surface area contributed by atoms with E-state index in [0.29, 0.717) is 5.69 Å². The molecule has 21 heavy (non-hydrogen) atoms. The molecule has 1 atom stereocenters. The molecule has 0 fully saturated rings. The van der Waals surface area contributed by atoms with Gasteiger partial charge in [-0.25, -0.2) is 9.59 Å². The first-order valence-electron chi connectivity index (χ1n) is 6.04. The molecular weight excluding hydrogens is 296 g/mol. The molecular formula is C14H15ClN2O4. The number of methoxy groups -OCH3 is 1. The zero-order valence-electron chi connectivity index (χ0n) is 11.6. The number of allylic oxidation sites excluding steroid dienone is 1. The topological polar surface area (TPSA) is 77.0 Å². The van der Waals surface area contributed by atoms with Crippen LogP contribution in [0, 0.1) is 0 Å². The van der Waals surface area contributed by atoms with Gasteiger partial charge in [-0.1, -0.05) is 35.9 Å². The number of anilines is 1. The van der Waals surface area contributed by atoms with Gasteiger partial charge in [-0.05, 0) is 25.1 Å². The molecule has 0 aliphatic carbocycles. The Bertz CT molecular complexity index is 543. The predicted octanol–water partition coefficient (Wildman–Crippen LogP) is 2.31. The number of halogens is 1. The fourth-order valence-electron chi connectivity index (χ4n) is 1.29. The van der Waals surface area contributed by atoms with Gasteiger partial charge in [0.05, 0.1) is 12.8 Å². The van der Waals surface area contributed by atoms with Gasteiger partial charge in [-0.2, -0.15) is 5.10 Å². The molecule has 0 bridgehead atoms. The standard InChI is InChI=1S/C14H15ClN2O4/c1-3-7-11(13(18)20-2)21-14(19)12(15)17-16-10-8-5-4-6-9-10/h3-9,11,16H,1-2H3/b7-3+,17-12-/t11-/m1/s1. The molecule has 1 rings (SSSR count). The van der Waals surface area contributed by atoms with Crippen LogP contribution >= 0.6 is 11.6 Å². The van der Waals surface area contributed by atoms with Crippen molar-refractivity contribution in [3.63, 3.8) is 0 Å². The van der Waals surface area contributed by atoms with Gasteiger partial charge in [-0.15, -0.1) is 0 Å². The van der Waals surface area contributed by atoms with Crippen LogP contribution < -0.4 is 5.43 Å². The van der Waals surface area contributed by atoms with Crippen molar-refractivity contribution >= 4 is 34.4 Å². The van der Waals surface area contributed by atoms with Gasteiger partial charge in [0.25, 0.3) is 0 Å². The van der Waals surface area contributed by atoms with Crippen LogP contribution in [0.15, 0.2) is 47.6 Å². The van der Waals surface area contributed by atoms with E-state index in [2.05, 4.69) is 15.3 Å². The highest BCUT2D eigenvalue weighted by Gasteiger charge is 2.23. The van der Waals surface area contributed by atoms with Crippen LogP contribution in [0.3, 0.4) is 0 Å². The third-order valence-corrected chi connectivity index (χ3v) is 2.50. The number of hydrogen-bond acceptors (Lipinski definition) is 6. The summed E-state index contributed by atoms with van der Waals surface area (Å²) in [7, 11) is 1.19. The van der Waals surface area contributed by atoms with E-state index in [1.54, 1.807) is 37.3 Å². The molecule has 0 aromatic heterocycles. The molecule has 0 aliphatic heterocycles. The number of carbonyl (C=O) groups is 2. The van der Waals surface area contributed by atoms with E-state index in [4.69, 9.17) is 16.3 Å². The third-order valence-electron chi connectivity index (χ3n) is 2.26. The highest BCUT2D eigenvalue weighted by Crippen LogP contribution is 2.06. The van der Waals surface area contributed by atoms with Crippen LogP contribution in [0.5, 0.6) is 0 Å². The van der Waals surface area contributed by atoms with Gasteiger partial charge in [0.2, 0.25) is 11.3 Å². The molecule has 0 radical (unpaired) electrons. The minimum Gasteiger partial charge on any atom is -0.466 e. The molecule has 0 unspecified atom stereocenters. The lowest BCUT2D eigenvalue weighted by Crippen LogP contribution is -2.29. The van der Waals surface area contributed by atoms with Crippen molar-refractivity contribution in [3.8, 4) is 0 Å². The second-order valence-corrected chi connectivity index (χ2v) is 4.11. The average Bonchev–Trinajstić information content (AvgIpc) is 2.52.